The maximum absolute atomic E-state index is 13.6. The topological polar surface area (TPSA) is 50.6 Å². The van der Waals surface area contributed by atoms with Crippen LogP contribution in [0.4, 0.5) is 5.69 Å². The molecule has 5 rings (SSSR count). The van der Waals surface area contributed by atoms with E-state index in [2.05, 4.69) is 67.7 Å². The molecule has 1 amide bonds. The average molecular weight is 766 g/mol. The normalized spacial score (nSPS) is 17.1. The van der Waals surface area contributed by atoms with E-state index in [9.17, 15) is 10.1 Å². The molecule has 0 bridgehead atoms. The van der Waals surface area contributed by atoms with E-state index in [1.807, 2.05) is 43.4 Å². The van der Waals surface area contributed by atoms with Gasteiger partial charge in [0.15, 0.2) is 0 Å². The number of amides is 1. The van der Waals surface area contributed by atoms with Crippen molar-refractivity contribution >= 4 is 45.8 Å². The second-order valence-electron chi connectivity index (χ2n) is 10.4. The third-order valence-electron chi connectivity index (χ3n) is 8.09. The van der Waals surface area contributed by atoms with Crippen molar-refractivity contribution in [3.8, 4) is 17.2 Å². The molecule has 2 aliphatic heterocycles. The number of rotatable bonds is 6. The molecule has 2 heterocycles. The van der Waals surface area contributed by atoms with Crippen molar-refractivity contribution in [2.75, 3.05) is 47.6 Å². The Morgan fingerprint density at radius 3 is 2.59 bits per heavy atom. The molecular weight excluding hydrogens is 734 g/mol. The molecule has 0 saturated carbocycles. The number of hydrogen-bond acceptors (Lipinski definition) is 4. The summed E-state index contributed by atoms with van der Waals surface area (Å²) in [4.78, 5) is 22.8. The second-order valence-corrected chi connectivity index (χ2v) is 14.2. The number of alkyl halides is 2. The van der Waals surface area contributed by atoms with Crippen LogP contribution in [0.5, 0.6) is 0 Å². The molecule has 0 unspecified atom stereocenters. The minimum atomic E-state index is -0.150. The number of piperidine rings is 1. The van der Waals surface area contributed by atoms with Gasteiger partial charge in [0.05, 0.1) is 6.07 Å². The van der Waals surface area contributed by atoms with E-state index in [0.29, 0.717) is 17.1 Å². The van der Waals surface area contributed by atoms with E-state index < -0.39 is 0 Å². The Morgan fingerprint density at radius 2 is 1.87 bits per heavy atom. The summed E-state index contributed by atoms with van der Waals surface area (Å²) in [5.74, 6) is 0.0858. The molecule has 8 heteroatoms. The van der Waals surface area contributed by atoms with Crippen LogP contribution in [0.25, 0.3) is 11.1 Å². The summed E-state index contributed by atoms with van der Waals surface area (Å²) in [7, 11) is 1.85. The van der Waals surface area contributed by atoms with E-state index in [4.69, 9.17) is 11.6 Å². The molecule has 0 aliphatic carbocycles. The van der Waals surface area contributed by atoms with E-state index in [1.54, 1.807) is 4.90 Å². The molecule has 5 nitrogen and oxygen atoms in total. The SMILES string of the molecule is C[I-]CN1CCC2(CC1)c1ccc(-c3cccc(C#N)c3)cc1CCN2CC(=O)N(C)c1cc(Cl)cc(I)c1. The summed E-state index contributed by atoms with van der Waals surface area (Å²) in [6, 6.07) is 22.7. The fourth-order valence-corrected chi connectivity index (χ4v) is 8.73. The van der Waals surface area contributed by atoms with Crippen LogP contribution in [0.1, 0.15) is 29.5 Å². The van der Waals surface area contributed by atoms with E-state index in [-0.39, 0.29) is 32.7 Å². The maximum atomic E-state index is 13.6. The molecule has 1 fully saturated rings. The van der Waals surface area contributed by atoms with Gasteiger partial charge in [-0.2, -0.15) is 5.26 Å². The number of fused-ring (bicyclic) bond motifs is 2. The minimum absolute atomic E-state index is 0.0858. The molecule has 3 aromatic carbocycles. The molecule has 39 heavy (non-hydrogen) atoms. The van der Waals surface area contributed by atoms with Gasteiger partial charge in [-0.25, -0.2) is 0 Å². The standard InChI is InChI=1S/C31H32ClI2N4O/c1-34-21-37-12-9-31(10-13-37)29-7-6-24(23-5-3-4-22(14-23)19-35)15-25(29)8-11-38(31)20-30(39)36(2)28-17-26(32)16-27(33)18-28/h3-7,14-18H,8-13,20-21H2,1-2H3/q-1. The third kappa shape index (κ3) is 6.15. The predicted molar refractivity (Wildman–Crippen MR) is 163 cm³/mol. The molecule has 3 aromatic rings. The number of halogens is 3. The van der Waals surface area contributed by atoms with Crippen molar-refractivity contribution in [2.45, 2.75) is 24.8 Å². The van der Waals surface area contributed by atoms with Gasteiger partial charge >= 0.3 is 205 Å². The summed E-state index contributed by atoms with van der Waals surface area (Å²) in [6.07, 6.45) is 2.96. The van der Waals surface area contributed by atoms with Crippen LogP contribution in [-0.2, 0) is 16.8 Å². The predicted octanol–water partition coefficient (Wildman–Crippen LogP) is 2.97. The number of benzene rings is 3. The molecule has 2 aliphatic rings. The number of likely N-dealkylation sites (N-methyl/N-ethyl adjacent to an activating group) is 1. The molecule has 0 atom stereocenters. The molecule has 1 spiro atoms. The Bertz CT molecular complexity index is 1390. The van der Waals surface area contributed by atoms with Gasteiger partial charge < -0.3 is 0 Å². The number of anilines is 1. The third-order valence-corrected chi connectivity index (χ3v) is 10.6. The molecule has 204 valence electrons. The van der Waals surface area contributed by atoms with Crippen LogP contribution in [0.2, 0.25) is 5.02 Å². The van der Waals surface area contributed by atoms with Crippen LogP contribution in [-0.4, -0.2) is 58.4 Å². The zero-order chi connectivity index (χ0) is 27.6. The van der Waals surface area contributed by atoms with Crippen LogP contribution < -0.4 is 26.1 Å². The van der Waals surface area contributed by atoms with Crippen molar-refractivity contribution in [3.05, 3.63) is 85.9 Å². The number of carbonyl (C=O) groups is 1. The molecule has 0 radical (unpaired) electrons. The number of hydrogen-bond donors (Lipinski definition) is 0. The first-order chi connectivity index (χ1) is 18.8. The molecular formula is C31H32ClI2N4O-. The van der Waals surface area contributed by atoms with Crippen molar-refractivity contribution in [3.63, 3.8) is 0 Å². The first-order valence-corrected chi connectivity index (χ1v) is 18.2. The van der Waals surface area contributed by atoms with Crippen molar-refractivity contribution < 1.29 is 26.0 Å². The van der Waals surface area contributed by atoms with Crippen LogP contribution >= 0.6 is 34.2 Å². The quantitative estimate of drug-likeness (QED) is 0.220. The van der Waals surface area contributed by atoms with E-state index in [1.165, 1.54) is 15.7 Å². The van der Waals surface area contributed by atoms with Crippen LogP contribution in [0.3, 0.4) is 0 Å². The Balaban J connectivity index is 1.46. The Kier molecular flexibility index (Phi) is 9.18. The zero-order valence-corrected chi connectivity index (χ0v) is 27.3. The van der Waals surface area contributed by atoms with Crippen LogP contribution in [0.15, 0.2) is 60.7 Å². The summed E-state index contributed by atoms with van der Waals surface area (Å²) in [5.41, 5.74) is 6.31. The van der Waals surface area contributed by atoms with Gasteiger partial charge in [-0.1, -0.05) is 11.6 Å². The number of likely N-dealkylation sites (tertiary alicyclic amines) is 1. The first kappa shape index (κ1) is 28.8. The number of nitrogens with zero attached hydrogens (tertiary/aromatic N) is 4. The number of nitriles is 1. The van der Waals surface area contributed by atoms with E-state index in [0.717, 1.165) is 59.3 Å². The zero-order valence-electron chi connectivity index (χ0n) is 22.3. The average Bonchev–Trinajstić information content (AvgIpc) is 2.94. The Hall–Kier alpha value is -1.71. The summed E-state index contributed by atoms with van der Waals surface area (Å²) < 4.78 is 2.24. The van der Waals surface area contributed by atoms with Gasteiger partial charge in [0.25, 0.3) is 0 Å². The molecule has 1 saturated heterocycles. The Labute approximate surface area is 260 Å². The molecule has 0 N–H and O–H groups in total. The second kappa shape index (κ2) is 12.4. The molecule has 0 aromatic heterocycles. The first-order valence-electron chi connectivity index (χ1n) is 13.1. The van der Waals surface area contributed by atoms with Gasteiger partial charge in [-0.15, -0.1) is 0 Å². The summed E-state index contributed by atoms with van der Waals surface area (Å²) in [5, 5.41) is 10.0. The number of carbonyl (C=O) groups excluding carboxylic acids is 1. The van der Waals surface area contributed by atoms with Crippen molar-refractivity contribution in [1.82, 2.24) is 9.80 Å². The van der Waals surface area contributed by atoms with Crippen molar-refractivity contribution in [1.29, 1.82) is 5.26 Å². The summed E-state index contributed by atoms with van der Waals surface area (Å²) >= 11 is 8.76. The fourth-order valence-electron chi connectivity index (χ4n) is 6.02. The van der Waals surface area contributed by atoms with Gasteiger partial charge in [-0.3, -0.25) is 0 Å². The van der Waals surface area contributed by atoms with E-state index >= 15 is 0 Å². The van der Waals surface area contributed by atoms with Crippen molar-refractivity contribution in [2.24, 2.45) is 0 Å². The van der Waals surface area contributed by atoms with Gasteiger partial charge in [-0.05, 0) is 34.7 Å². The van der Waals surface area contributed by atoms with Gasteiger partial charge in [0.2, 0.25) is 0 Å². The fraction of sp³-hybridized carbons (Fsp3) is 0.355. The van der Waals surface area contributed by atoms with Gasteiger partial charge in [0, 0.05) is 0 Å². The van der Waals surface area contributed by atoms with Gasteiger partial charge in [0.1, 0.15) is 0 Å². The Morgan fingerprint density at radius 1 is 1.10 bits per heavy atom. The summed E-state index contributed by atoms with van der Waals surface area (Å²) in [6.45, 7) is 3.35. The monoisotopic (exact) mass is 765 g/mol. The van der Waals surface area contributed by atoms with Crippen LogP contribution in [0, 0.1) is 14.9 Å².